The summed E-state index contributed by atoms with van der Waals surface area (Å²) in [5.74, 6) is -0.988. The van der Waals surface area contributed by atoms with E-state index in [4.69, 9.17) is 15.2 Å². The average molecular weight is 453 g/mol. The molecule has 0 atom stereocenters. The number of methoxy groups -OCH3 is 1. The molecule has 10 nitrogen and oxygen atoms in total. The van der Waals surface area contributed by atoms with Crippen LogP contribution in [0.3, 0.4) is 0 Å². The van der Waals surface area contributed by atoms with Crippen molar-refractivity contribution in [1.82, 2.24) is 14.4 Å². The van der Waals surface area contributed by atoms with Crippen LogP contribution in [0.5, 0.6) is 0 Å². The summed E-state index contributed by atoms with van der Waals surface area (Å²) < 4.78 is 11.6. The van der Waals surface area contributed by atoms with Gasteiger partial charge in [-0.05, 0) is 32.9 Å². The Hall–Kier alpha value is -4.00. The molecule has 0 unspecified atom stereocenters. The minimum absolute atomic E-state index is 0.0161. The molecule has 10 heteroatoms. The first-order chi connectivity index (χ1) is 15.6. The number of piperazine rings is 1. The molecule has 0 bridgehead atoms. The number of carbonyl (C=O) groups is 3. The molecule has 1 aliphatic heterocycles. The zero-order valence-electron chi connectivity index (χ0n) is 19.1. The van der Waals surface area contributed by atoms with E-state index < -0.39 is 17.7 Å². The molecule has 2 N–H and O–H groups in total. The fourth-order valence-electron chi connectivity index (χ4n) is 3.56. The van der Waals surface area contributed by atoms with Gasteiger partial charge in [0.15, 0.2) is 5.69 Å². The second-order valence-corrected chi connectivity index (χ2v) is 8.56. The van der Waals surface area contributed by atoms with Crippen LogP contribution in [0.1, 0.15) is 47.2 Å². The fourth-order valence-corrected chi connectivity index (χ4v) is 3.56. The first kappa shape index (κ1) is 23.7. The smallest absolute Gasteiger partial charge is 0.410 e. The largest absolute Gasteiger partial charge is 0.464 e. The third-order valence-corrected chi connectivity index (χ3v) is 5.16. The van der Waals surface area contributed by atoms with Crippen molar-refractivity contribution < 1.29 is 23.9 Å². The van der Waals surface area contributed by atoms with E-state index in [-0.39, 0.29) is 22.9 Å². The monoisotopic (exact) mass is 453 g/mol. The van der Waals surface area contributed by atoms with Crippen LogP contribution in [0.4, 0.5) is 10.5 Å². The third-order valence-electron chi connectivity index (χ3n) is 5.16. The van der Waals surface area contributed by atoms with Crippen LogP contribution in [0.2, 0.25) is 0 Å². The molecule has 1 aliphatic rings. The number of nitrogens with two attached hydrogens (primary N) is 1. The van der Waals surface area contributed by atoms with E-state index in [1.54, 1.807) is 54.8 Å². The number of anilines is 1. The summed E-state index contributed by atoms with van der Waals surface area (Å²) >= 11 is 0. The lowest BCUT2D eigenvalue weighted by atomic mass is 10.1. The van der Waals surface area contributed by atoms with Gasteiger partial charge in [0, 0.05) is 32.4 Å². The SMILES string of the molecule is COC(=O)c1c(N)c(C#N)cn1-c1ccccc1C(=O)N1CCN(C(=O)OC(C)(C)C)CC1. The zero-order chi connectivity index (χ0) is 24.3. The number of esters is 1. The fraction of sp³-hybridized carbons (Fsp3) is 0.391. The van der Waals surface area contributed by atoms with Crippen molar-refractivity contribution in [1.29, 1.82) is 5.26 Å². The van der Waals surface area contributed by atoms with E-state index in [1.807, 2.05) is 6.07 Å². The Morgan fingerprint density at radius 2 is 1.67 bits per heavy atom. The molecule has 1 fully saturated rings. The van der Waals surface area contributed by atoms with Crippen LogP contribution >= 0.6 is 0 Å². The number of hydrogen-bond acceptors (Lipinski definition) is 7. The number of aromatic nitrogens is 1. The number of hydrogen-bond donors (Lipinski definition) is 1. The van der Waals surface area contributed by atoms with E-state index in [9.17, 15) is 19.6 Å². The Morgan fingerprint density at radius 1 is 1.06 bits per heavy atom. The van der Waals surface area contributed by atoms with Crippen molar-refractivity contribution in [2.75, 3.05) is 39.0 Å². The van der Waals surface area contributed by atoms with Crippen molar-refractivity contribution in [2.24, 2.45) is 0 Å². The summed E-state index contributed by atoms with van der Waals surface area (Å²) in [5, 5.41) is 9.37. The first-order valence-corrected chi connectivity index (χ1v) is 10.4. The van der Waals surface area contributed by atoms with E-state index >= 15 is 0 Å². The van der Waals surface area contributed by atoms with Gasteiger partial charge in [0.2, 0.25) is 0 Å². The molecule has 0 spiro atoms. The molecule has 174 valence electrons. The van der Waals surface area contributed by atoms with Gasteiger partial charge >= 0.3 is 12.1 Å². The summed E-state index contributed by atoms with van der Waals surface area (Å²) in [6.07, 6.45) is 0.998. The quantitative estimate of drug-likeness (QED) is 0.706. The molecule has 33 heavy (non-hydrogen) atoms. The highest BCUT2D eigenvalue weighted by Gasteiger charge is 2.30. The maximum atomic E-state index is 13.4. The standard InChI is InChI=1S/C23H27N5O5/c1-23(2,3)33-22(31)27-11-9-26(10-12-27)20(29)16-7-5-6-8-17(16)28-14-15(13-24)18(25)19(28)21(30)32-4/h5-8,14H,9-12,25H2,1-4H3. The van der Waals surface area contributed by atoms with Crippen molar-refractivity contribution in [3.8, 4) is 11.8 Å². The molecular formula is C23H27N5O5. The highest BCUT2D eigenvalue weighted by Crippen LogP contribution is 2.27. The zero-order valence-corrected chi connectivity index (χ0v) is 19.1. The van der Waals surface area contributed by atoms with E-state index in [0.717, 1.165) is 0 Å². The van der Waals surface area contributed by atoms with Gasteiger partial charge in [0.1, 0.15) is 11.7 Å². The van der Waals surface area contributed by atoms with Gasteiger partial charge in [-0.3, -0.25) is 4.79 Å². The van der Waals surface area contributed by atoms with Gasteiger partial charge in [-0.2, -0.15) is 5.26 Å². The summed E-state index contributed by atoms with van der Waals surface area (Å²) in [6.45, 7) is 6.74. The van der Waals surface area contributed by atoms with Gasteiger partial charge in [0.25, 0.3) is 5.91 Å². The lowest BCUT2D eigenvalue weighted by Crippen LogP contribution is -2.51. The highest BCUT2D eigenvalue weighted by molar-refractivity contribution is 6.00. The van der Waals surface area contributed by atoms with Crippen molar-refractivity contribution in [3.05, 3.63) is 47.3 Å². The molecule has 2 heterocycles. The summed E-state index contributed by atoms with van der Waals surface area (Å²) in [6, 6.07) is 8.68. The maximum Gasteiger partial charge on any atom is 0.410 e. The predicted molar refractivity (Wildman–Crippen MR) is 120 cm³/mol. The van der Waals surface area contributed by atoms with Crippen LogP contribution in [0.25, 0.3) is 5.69 Å². The van der Waals surface area contributed by atoms with E-state index in [1.165, 1.54) is 17.9 Å². The van der Waals surface area contributed by atoms with Crippen LogP contribution < -0.4 is 5.73 Å². The number of rotatable bonds is 3. The average Bonchev–Trinajstić information content (AvgIpc) is 3.13. The number of para-hydroxylation sites is 1. The van der Waals surface area contributed by atoms with Gasteiger partial charge in [-0.1, -0.05) is 12.1 Å². The molecule has 2 amide bonds. The highest BCUT2D eigenvalue weighted by atomic mass is 16.6. The molecule has 0 radical (unpaired) electrons. The van der Waals surface area contributed by atoms with Crippen LogP contribution in [0.15, 0.2) is 30.5 Å². The second kappa shape index (κ2) is 9.24. The molecule has 0 aliphatic carbocycles. The number of ether oxygens (including phenoxy) is 2. The normalized spacial score (nSPS) is 13.9. The second-order valence-electron chi connectivity index (χ2n) is 8.56. The Morgan fingerprint density at radius 3 is 2.24 bits per heavy atom. The van der Waals surface area contributed by atoms with Crippen molar-refractivity contribution in [2.45, 2.75) is 26.4 Å². The topological polar surface area (TPSA) is 131 Å². The third kappa shape index (κ3) is 4.92. The number of nitrogen functional groups attached to an aromatic ring is 1. The Labute approximate surface area is 192 Å². The lowest BCUT2D eigenvalue weighted by Gasteiger charge is -2.35. The molecule has 1 aromatic heterocycles. The Kier molecular flexibility index (Phi) is 6.62. The van der Waals surface area contributed by atoms with Crippen LogP contribution in [-0.2, 0) is 9.47 Å². The summed E-state index contributed by atoms with van der Waals surface area (Å²) in [7, 11) is 1.21. The first-order valence-electron chi connectivity index (χ1n) is 10.4. The number of benzene rings is 1. The van der Waals surface area contributed by atoms with Crippen molar-refractivity contribution >= 4 is 23.7 Å². The predicted octanol–water partition coefficient (Wildman–Crippen LogP) is 2.41. The molecular weight excluding hydrogens is 426 g/mol. The van der Waals surface area contributed by atoms with Crippen molar-refractivity contribution in [3.63, 3.8) is 0 Å². The summed E-state index contributed by atoms with van der Waals surface area (Å²) in [5.41, 5.74) is 6.18. The molecule has 2 aromatic rings. The molecule has 0 saturated carbocycles. The minimum Gasteiger partial charge on any atom is -0.464 e. The van der Waals surface area contributed by atoms with E-state index in [2.05, 4.69) is 0 Å². The molecule has 1 aromatic carbocycles. The molecule has 1 saturated heterocycles. The van der Waals surface area contributed by atoms with E-state index in [0.29, 0.717) is 37.4 Å². The van der Waals surface area contributed by atoms with Gasteiger partial charge < -0.3 is 29.6 Å². The number of amides is 2. The minimum atomic E-state index is -0.720. The van der Waals surface area contributed by atoms with Crippen LogP contribution in [-0.4, -0.2) is 71.2 Å². The van der Waals surface area contributed by atoms with Gasteiger partial charge in [-0.15, -0.1) is 0 Å². The van der Waals surface area contributed by atoms with Crippen LogP contribution in [0, 0.1) is 11.3 Å². The summed E-state index contributed by atoms with van der Waals surface area (Å²) in [4.78, 5) is 41.3. The Balaban J connectivity index is 1.87. The lowest BCUT2D eigenvalue weighted by molar-refractivity contribution is 0.0141. The number of carbonyl (C=O) groups excluding carboxylic acids is 3. The molecule has 3 rings (SSSR count). The van der Waals surface area contributed by atoms with Gasteiger partial charge in [-0.25, -0.2) is 9.59 Å². The van der Waals surface area contributed by atoms with Gasteiger partial charge in [0.05, 0.1) is 29.6 Å². The maximum absolute atomic E-state index is 13.4. The Bertz CT molecular complexity index is 1120. The number of nitrogens with zero attached hydrogens (tertiary/aromatic N) is 4. The number of nitriles is 1.